The van der Waals surface area contributed by atoms with E-state index >= 15 is 0 Å². The predicted molar refractivity (Wildman–Crippen MR) is 111 cm³/mol. The fourth-order valence-electron chi connectivity index (χ4n) is 2.08. The molecule has 0 saturated carbocycles. The van der Waals surface area contributed by atoms with Crippen molar-refractivity contribution in [2.24, 2.45) is 0 Å². The molecule has 0 saturated heterocycles. The molecule has 1 aromatic carbocycles. The van der Waals surface area contributed by atoms with Crippen LogP contribution in [0.15, 0.2) is 50.1 Å². The van der Waals surface area contributed by atoms with Gasteiger partial charge in [0.1, 0.15) is 0 Å². The lowest BCUT2D eigenvalue weighted by Gasteiger charge is -2.24. The van der Waals surface area contributed by atoms with Crippen LogP contribution in [0.3, 0.4) is 0 Å². The highest BCUT2D eigenvalue weighted by Crippen LogP contribution is 2.38. The number of hydrogen-bond donors (Lipinski definition) is 0. The van der Waals surface area contributed by atoms with Gasteiger partial charge in [-0.05, 0) is 11.3 Å². The molecule has 0 aliphatic carbocycles. The summed E-state index contributed by atoms with van der Waals surface area (Å²) in [4.78, 5) is 34.4. The van der Waals surface area contributed by atoms with E-state index < -0.39 is 36.8 Å². The Morgan fingerprint density at radius 2 is 1.13 bits per heavy atom. The highest BCUT2D eigenvalue weighted by atomic mass is 28.1. The van der Waals surface area contributed by atoms with Crippen LogP contribution in [0, 0.1) is 0 Å². The van der Waals surface area contributed by atoms with E-state index in [-0.39, 0.29) is 17.2 Å². The van der Waals surface area contributed by atoms with Crippen LogP contribution in [0.25, 0.3) is 0 Å². The van der Waals surface area contributed by atoms with Gasteiger partial charge in [-0.15, -0.1) is 0 Å². The third kappa shape index (κ3) is 8.39. The average molecular weight is 447 g/mol. The standard InChI is InChI=1S/C21H23O9Si/c1-7-17(22)26-12(4)25-15-10-11-16(31)21(30-14(6)28-19(24)9-3)20(15)29-13(5)27-18(23)8-2/h7-14H,1-3H2,4-6H3. The molecule has 10 heteroatoms. The van der Waals surface area contributed by atoms with E-state index in [1.165, 1.54) is 26.8 Å². The minimum absolute atomic E-state index is 0.0140. The summed E-state index contributed by atoms with van der Waals surface area (Å²) in [7, 11) is 3.38. The van der Waals surface area contributed by atoms with Gasteiger partial charge in [0.25, 0.3) is 0 Å². The molecule has 3 atom stereocenters. The van der Waals surface area contributed by atoms with Crippen molar-refractivity contribution in [1.29, 1.82) is 0 Å². The van der Waals surface area contributed by atoms with Gasteiger partial charge in [0.05, 0.1) is 10.2 Å². The molecule has 0 aliphatic rings. The van der Waals surface area contributed by atoms with Gasteiger partial charge in [0, 0.05) is 39.0 Å². The SMILES string of the molecule is C=CC(=O)OC(C)Oc1ccc([Si])c(OC(C)OC(=O)C=C)c1OC(C)OC(=O)C=C. The molecule has 0 bridgehead atoms. The van der Waals surface area contributed by atoms with Crippen LogP contribution in [0.5, 0.6) is 17.2 Å². The van der Waals surface area contributed by atoms with Crippen molar-refractivity contribution in [3.05, 3.63) is 50.1 Å². The van der Waals surface area contributed by atoms with Crippen molar-refractivity contribution >= 4 is 33.3 Å². The summed E-state index contributed by atoms with van der Waals surface area (Å²) in [6.45, 7) is 14.4. The summed E-state index contributed by atoms with van der Waals surface area (Å²) >= 11 is 0. The topological polar surface area (TPSA) is 107 Å². The van der Waals surface area contributed by atoms with Gasteiger partial charge in [-0.3, -0.25) is 0 Å². The van der Waals surface area contributed by atoms with Gasteiger partial charge in [-0.1, -0.05) is 25.8 Å². The Kier molecular flexibility index (Phi) is 10.1. The number of ether oxygens (including phenoxy) is 6. The van der Waals surface area contributed by atoms with E-state index in [0.29, 0.717) is 5.19 Å². The lowest BCUT2D eigenvalue weighted by molar-refractivity contribution is -0.159. The molecule has 165 valence electrons. The lowest BCUT2D eigenvalue weighted by atomic mass is 10.3. The fourth-order valence-corrected chi connectivity index (χ4v) is 2.34. The van der Waals surface area contributed by atoms with Crippen LogP contribution >= 0.6 is 0 Å². The third-order valence-electron chi connectivity index (χ3n) is 3.28. The number of benzene rings is 1. The second-order valence-electron chi connectivity index (χ2n) is 5.75. The Bertz CT molecular complexity index is 849. The van der Waals surface area contributed by atoms with Crippen molar-refractivity contribution in [3.63, 3.8) is 0 Å². The number of hydrogen-bond acceptors (Lipinski definition) is 9. The molecule has 0 N–H and O–H groups in total. The quantitative estimate of drug-likeness (QED) is 0.156. The number of esters is 3. The molecule has 0 fully saturated rings. The van der Waals surface area contributed by atoms with E-state index in [2.05, 4.69) is 30.0 Å². The van der Waals surface area contributed by atoms with Crippen LogP contribution in [0.4, 0.5) is 0 Å². The second kappa shape index (κ2) is 12.2. The maximum Gasteiger partial charge on any atom is 0.333 e. The van der Waals surface area contributed by atoms with Crippen molar-refractivity contribution < 1.29 is 42.8 Å². The highest BCUT2D eigenvalue weighted by Gasteiger charge is 2.24. The fraction of sp³-hybridized carbons (Fsp3) is 0.286. The minimum atomic E-state index is -1.08. The third-order valence-corrected chi connectivity index (χ3v) is 3.68. The van der Waals surface area contributed by atoms with Crippen LogP contribution < -0.4 is 19.4 Å². The maximum atomic E-state index is 11.5. The van der Waals surface area contributed by atoms with Crippen molar-refractivity contribution in [1.82, 2.24) is 0 Å². The Labute approximate surface area is 183 Å². The molecule has 0 amide bonds. The molecule has 9 nitrogen and oxygen atoms in total. The summed E-state index contributed by atoms with van der Waals surface area (Å²) in [5, 5.41) is 0.404. The van der Waals surface area contributed by atoms with Gasteiger partial charge in [-0.2, -0.15) is 0 Å². The number of carbonyl (C=O) groups is 3. The summed E-state index contributed by atoms with van der Waals surface area (Å²) in [6, 6.07) is 3.07. The first-order valence-electron chi connectivity index (χ1n) is 8.98. The predicted octanol–water partition coefficient (Wildman–Crippen LogP) is 1.84. The Morgan fingerprint density at radius 3 is 1.55 bits per heavy atom. The zero-order valence-corrected chi connectivity index (χ0v) is 18.4. The van der Waals surface area contributed by atoms with Gasteiger partial charge in [-0.25, -0.2) is 14.4 Å². The van der Waals surface area contributed by atoms with Crippen molar-refractivity contribution in [2.75, 3.05) is 0 Å². The molecule has 31 heavy (non-hydrogen) atoms. The molecular weight excluding hydrogens is 424 g/mol. The zero-order valence-electron chi connectivity index (χ0n) is 17.4. The first kappa shape index (κ1) is 25.5. The molecule has 3 unspecified atom stereocenters. The van der Waals surface area contributed by atoms with E-state index in [1.807, 2.05) is 0 Å². The molecule has 1 rings (SSSR count). The smallest absolute Gasteiger partial charge is 0.333 e. The van der Waals surface area contributed by atoms with Crippen molar-refractivity contribution in [3.8, 4) is 17.2 Å². The first-order chi connectivity index (χ1) is 14.6. The van der Waals surface area contributed by atoms with Gasteiger partial charge < -0.3 is 28.4 Å². The van der Waals surface area contributed by atoms with E-state index in [4.69, 9.17) is 28.4 Å². The largest absolute Gasteiger partial charge is 0.451 e. The molecule has 1 aromatic rings. The summed E-state index contributed by atoms with van der Waals surface area (Å²) < 4.78 is 32.0. The summed E-state index contributed by atoms with van der Waals surface area (Å²) in [6.07, 6.45) is -0.204. The monoisotopic (exact) mass is 447 g/mol. The lowest BCUT2D eigenvalue weighted by Crippen LogP contribution is -2.26. The Hall–Kier alpha value is -3.53. The molecule has 3 radical (unpaired) electrons. The number of rotatable bonds is 12. The van der Waals surface area contributed by atoms with Gasteiger partial charge in [0.15, 0.2) is 11.5 Å². The first-order valence-corrected chi connectivity index (χ1v) is 9.48. The zero-order chi connectivity index (χ0) is 23.6. The van der Waals surface area contributed by atoms with Crippen LogP contribution in [0.2, 0.25) is 0 Å². The molecule has 0 heterocycles. The molecule has 0 spiro atoms. The van der Waals surface area contributed by atoms with Crippen molar-refractivity contribution in [2.45, 2.75) is 39.6 Å². The van der Waals surface area contributed by atoms with E-state index in [1.54, 1.807) is 6.07 Å². The Morgan fingerprint density at radius 1 is 0.742 bits per heavy atom. The van der Waals surface area contributed by atoms with E-state index in [0.717, 1.165) is 18.2 Å². The van der Waals surface area contributed by atoms with Gasteiger partial charge in [0.2, 0.25) is 24.6 Å². The molecular formula is C21H23O9Si. The van der Waals surface area contributed by atoms with Crippen LogP contribution in [0.1, 0.15) is 20.8 Å². The van der Waals surface area contributed by atoms with Crippen LogP contribution in [-0.4, -0.2) is 47.0 Å². The normalized spacial score (nSPS) is 12.9. The van der Waals surface area contributed by atoms with Gasteiger partial charge >= 0.3 is 17.9 Å². The molecule has 0 aliphatic heterocycles. The summed E-state index contributed by atoms with van der Waals surface area (Å²) in [5.41, 5.74) is 0. The maximum absolute atomic E-state index is 11.5. The number of carbonyl (C=O) groups excluding carboxylic acids is 3. The highest BCUT2D eigenvalue weighted by molar-refractivity contribution is 6.34. The van der Waals surface area contributed by atoms with E-state index in [9.17, 15) is 14.4 Å². The minimum Gasteiger partial charge on any atom is -0.451 e. The Balaban J connectivity index is 3.28. The van der Waals surface area contributed by atoms with Crippen LogP contribution in [-0.2, 0) is 28.6 Å². The molecule has 0 aromatic heterocycles. The average Bonchev–Trinajstić information content (AvgIpc) is 2.71. The second-order valence-corrected chi connectivity index (χ2v) is 6.29. The summed E-state index contributed by atoms with van der Waals surface area (Å²) in [5.74, 6) is -1.96.